The summed E-state index contributed by atoms with van der Waals surface area (Å²) in [7, 11) is 0. The predicted molar refractivity (Wildman–Crippen MR) is 141 cm³/mol. The number of hydrogen-bond donors (Lipinski definition) is 2. The van der Waals surface area contributed by atoms with Crippen molar-refractivity contribution in [1.82, 2.24) is 4.90 Å². The number of allylic oxidation sites excluding steroid dienone is 2. The molecule has 0 spiro atoms. The standard InChI is InChI=1S/C30H39NO5/c1-22-8-12-24(13-9-22)25-14-10-23(11-15-25)21-36-28-20-27(32)30(31-16-18-35-19-17-31)26(28)6-4-2-3-5-7-29(33)34/h2,4,8-15,26-28,30,32H,3,5-7,16-21H2,1H3,(H,33,34)/b4-2-/t26-,27-,28-,30+/m0/s1. The fourth-order valence-corrected chi connectivity index (χ4v) is 5.42. The fourth-order valence-electron chi connectivity index (χ4n) is 5.42. The van der Waals surface area contributed by atoms with Gasteiger partial charge in [-0.1, -0.05) is 66.2 Å². The maximum atomic E-state index is 11.0. The molecule has 0 aromatic heterocycles. The van der Waals surface area contributed by atoms with E-state index in [0.29, 0.717) is 32.7 Å². The van der Waals surface area contributed by atoms with Crippen molar-refractivity contribution >= 4 is 5.97 Å². The second-order valence-corrected chi connectivity index (χ2v) is 10.0. The summed E-state index contributed by atoms with van der Waals surface area (Å²) < 4.78 is 12.0. The van der Waals surface area contributed by atoms with Crippen LogP contribution < -0.4 is 0 Å². The van der Waals surface area contributed by atoms with E-state index < -0.39 is 12.1 Å². The first-order valence-electron chi connectivity index (χ1n) is 13.2. The van der Waals surface area contributed by atoms with Crippen molar-refractivity contribution in [1.29, 1.82) is 0 Å². The first-order chi connectivity index (χ1) is 17.5. The van der Waals surface area contributed by atoms with E-state index in [4.69, 9.17) is 14.6 Å². The monoisotopic (exact) mass is 493 g/mol. The number of aliphatic hydroxyl groups is 1. The van der Waals surface area contributed by atoms with Gasteiger partial charge in [-0.05, 0) is 42.9 Å². The van der Waals surface area contributed by atoms with E-state index in [2.05, 4.69) is 72.5 Å². The van der Waals surface area contributed by atoms with Crippen molar-refractivity contribution in [2.45, 2.75) is 63.9 Å². The molecule has 0 unspecified atom stereocenters. The minimum Gasteiger partial charge on any atom is -0.481 e. The van der Waals surface area contributed by atoms with Crippen LogP contribution in [-0.4, -0.2) is 65.6 Å². The number of rotatable bonds is 11. The Bertz CT molecular complexity index is 981. The van der Waals surface area contributed by atoms with E-state index in [1.54, 1.807) is 0 Å². The first-order valence-corrected chi connectivity index (χ1v) is 13.2. The highest BCUT2D eigenvalue weighted by Crippen LogP contribution is 2.36. The zero-order chi connectivity index (χ0) is 25.3. The molecular weight excluding hydrogens is 454 g/mol. The van der Waals surface area contributed by atoms with Crippen LogP contribution in [0.15, 0.2) is 60.7 Å². The molecule has 194 valence electrons. The van der Waals surface area contributed by atoms with Crippen LogP contribution in [0, 0.1) is 12.8 Å². The van der Waals surface area contributed by atoms with E-state index in [-0.39, 0.29) is 24.5 Å². The van der Waals surface area contributed by atoms with Crippen molar-refractivity contribution in [2.75, 3.05) is 26.3 Å². The van der Waals surface area contributed by atoms with Gasteiger partial charge in [0, 0.05) is 37.9 Å². The van der Waals surface area contributed by atoms with Crippen molar-refractivity contribution in [2.24, 2.45) is 5.92 Å². The fraction of sp³-hybridized carbons (Fsp3) is 0.500. The number of carbonyl (C=O) groups is 1. The maximum Gasteiger partial charge on any atom is 0.303 e. The Morgan fingerprint density at radius 1 is 1.06 bits per heavy atom. The number of unbranched alkanes of at least 4 members (excludes halogenated alkanes) is 1. The van der Waals surface area contributed by atoms with E-state index in [1.807, 2.05) is 0 Å². The molecule has 2 aliphatic rings. The van der Waals surface area contributed by atoms with E-state index in [0.717, 1.165) is 31.5 Å². The zero-order valence-corrected chi connectivity index (χ0v) is 21.2. The first kappa shape index (κ1) is 26.6. The van der Waals surface area contributed by atoms with Gasteiger partial charge in [0.25, 0.3) is 0 Å². The number of aliphatic carboxylic acids is 1. The molecule has 0 bridgehead atoms. The molecule has 1 aliphatic heterocycles. The lowest BCUT2D eigenvalue weighted by Gasteiger charge is -2.37. The molecule has 36 heavy (non-hydrogen) atoms. The highest BCUT2D eigenvalue weighted by atomic mass is 16.5. The highest BCUT2D eigenvalue weighted by molar-refractivity contribution is 5.66. The molecule has 0 amide bonds. The third-order valence-electron chi connectivity index (χ3n) is 7.39. The second-order valence-electron chi connectivity index (χ2n) is 10.0. The quantitative estimate of drug-likeness (QED) is 0.345. The molecule has 1 saturated heterocycles. The van der Waals surface area contributed by atoms with Gasteiger partial charge in [0.1, 0.15) is 0 Å². The third kappa shape index (κ3) is 7.26. The number of aliphatic hydroxyl groups excluding tert-OH is 1. The normalized spacial score (nSPS) is 24.9. The zero-order valence-electron chi connectivity index (χ0n) is 21.2. The second kappa shape index (κ2) is 13.2. The summed E-state index contributed by atoms with van der Waals surface area (Å²) in [6, 6.07) is 17.1. The van der Waals surface area contributed by atoms with Gasteiger partial charge in [0.15, 0.2) is 0 Å². The Kier molecular flexibility index (Phi) is 9.70. The predicted octanol–water partition coefficient (Wildman–Crippen LogP) is 4.83. The summed E-state index contributed by atoms with van der Waals surface area (Å²) in [6.07, 6.45) is 6.78. The van der Waals surface area contributed by atoms with Crippen molar-refractivity contribution in [3.05, 3.63) is 71.8 Å². The van der Waals surface area contributed by atoms with Gasteiger partial charge in [-0.3, -0.25) is 9.69 Å². The van der Waals surface area contributed by atoms with Gasteiger partial charge in [-0.25, -0.2) is 0 Å². The topological polar surface area (TPSA) is 79.2 Å². The summed E-state index contributed by atoms with van der Waals surface area (Å²) in [5.41, 5.74) is 4.77. The van der Waals surface area contributed by atoms with Crippen LogP contribution in [0.1, 0.15) is 43.2 Å². The largest absolute Gasteiger partial charge is 0.481 e. The molecule has 4 rings (SSSR count). The lowest BCUT2D eigenvalue weighted by molar-refractivity contribution is -0.137. The molecule has 2 N–H and O–H groups in total. The maximum absolute atomic E-state index is 11.0. The molecular formula is C30H39NO5. The molecule has 1 heterocycles. The molecule has 2 aromatic rings. The number of carboxylic acids is 1. The Labute approximate surface area is 214 Å². The van der Waals surface area contributed by atoms with Crippen LogP contribution in [0.2, 0.25) is 0 Å². The van der Waals surface area contributed by atoms with Crippen molar-refractivity contribution in [3.63, 3.8) is 0 Å². The van der Waals surface area contributed by atoms with Crippen LogP contribution in [-0.2, 0) is 20.9 Å². The Morgan fingerprint density at radius 3 is 2.39 bits per heavy atom. The van der Waals surface area contributed by atoms with Gasteiger partial charge < -0.3 is 19.7 Å². The number of morpholine rings is 1. The summed E-state index contributed by atoms with van der Waals surface area (Å²) in [5.74, 6) is -0.573. The lowest BCUT2D eigenvalue weighted by atomic mass is 9.94. The van der Waals surface area contributed by atoms with E-state index in [9.17, 15) is 9.90 Å². The van der Waals surface area contributed by atoms with Gasteiger partial charge in [0.2, 0.25) is 0 Å². The number of nitrogens with zero attached hydrogens (tertiary/aromatic N) is 1. The molecule has 6 heteroatoms. The summed E-state index contributed by atoms with van der Waals surface area (Å²) in [5, 5.41) is 19.8. The Morgan fingerprint density at radius 2 is 1.72 bits per heavy atom. The summed E-state index contributed by atoms with van der Waals surface area (Å²) in [6.45, 7) is 5.65. The molecule has 1 aliphatic carbocycles. The molecule has 2 aromatic carbocycles. The molecule has 2 fully saturated rings. The van der Waals surface area contributed by atoms with Crippen LogP contribution in [0.5, 0.6) is 0 Å². The Balaban J connectivity index is 1.38. The van der Waals surface area contributed by atoms with Crippen LogP contribution in [0.25, 0.3) is 11.1 Å². The van der Waals surface area contributed by atoms with Gasteiger partial charge >= 0.3 is 5.97 Å². The van der Waals surface area contributed by atoms with Crippen LogP contribution in [0.3, 0.4) is 0 Å². The van der Waals surface area contributed by atoms with Crippen molar-refractivity contribution < 1.29 is 24.5 Å². The number of aryl methyl sites for hydroxylation is 1. The summed E-state index contributed by atoms with van der Waals surface area (Å²) >= 11 is 0. The SMILES string of the molecule is Cc1ccc(-c2ccc(CO[C@H]3C[C@H](O)[C@H](N4CCOCC4)[C@H]3C/C=C\CCCC(=O)O)cc2)cc1. The third-order valence-corrected chi connectivity index (χ3v) is 7.39. The molecule has 1 saturated carbocycles. The lowest BCUT2D eigenvalue weighted by Crippen LogP contribution is -2.50. The summed E-state index contributed by atoms with van der Waals surface area (Å²) in [4.78, 5) is 13.1. The van der Waals surface area contributed by atoms with Crippen LogP contribution >= 0.6 is 0 Å². The van der Waals surface area contributed by atoms with Gasteiger partial charge in [-0.15, -0.1) is 0 Å². The minimum absolute atomic E-state index is 0.0340. The average Bonchev–Trinajstić information content (AvgIpc) is 3.20. The molecule has 0 radical (unpaired) electrons. The van der Waals surface area contributed by atoms with E-state index in [1.165, 1.54) is 16.7 Å². The minimum atomic E-state index is -0.755. The van der Waals surface area contributed by atoms with E-state index >= 15 is 0 Å². The van der Waals surface area contributed by atoms with Gasteiger partial charge in [0.05, 0.1) is 32.0 Å². The average molecular weight is 494 g/mol. The van der Waals surface area contributed by atoms with Gasteiger partial charge in [-0.2, -0.15) is 0 Å². The number of ether oxygens (including phenoxy) is 2. The highest BCUT2D eigenvalue weighted by Gasteiger charge is 2.45. The number of carboxylic acid groups (broad SMARTS) is 1. The number of benzene rings is 2. The van der Waals surface area contributed by atoms with Crippen molar-refractivity contribution in [3.8, 4) is 11.1 Å². The number of hydrogen-bond acceptors (Lipinski definition) is 5. The Hall–Kier alpha value is -2.51. The van der Waals surface area contributed by atoms with Crippen LogP contribution in [0.4, 0.5) is 0 Å². The molecule has 4 atom stereocenters. The molecule has 6 nitrogen and oxygen atoms in total. The smallest absolute Gasteiger partial charge is 0.303 e.